The van der Waals surface area contributed by atoms with Gasteiger partial charge in [-0.25, -0.2) is 4.79 Å². The molecule has 2 atom stereocenters. The zero-order chi connectivity index (χ0) is 28.6. The molecule has 10 nitrogen and oxygen atoms in total. The Kier molecular flexibility index (Phi) is 10.1. The highest BCUT2D eigenvalue weighted by atomic mass is 35.5. The molecule has 202 valence electrons. The monoisotopic (exact) mass is 542 g/mol. The van der Waals surface area contributed by atoms with Crippen LogP contribution in [0.15, 0.2) is 42.5 Å². The van der Waals surface area contributed by atoms with E-state index in [0.717, 1.165) is 4.90 Å². The third kappa shape index (κ3) is 8.42. The fraction of sp³-hybridized carbons (Fsp3) is 0.333. The van der Waals surface area contributed by atoms with E-state index < -0.39 is 41.5 Å². The summed E-state index contributed by atoms with van der Waals surface area (Å²) in [6, 6.07) is 10.0. The highest BCUT2D eigenvalue weighted by molar-refractivity contribution is 6.34. The highest BCUT2D eigenvalue weighted by Crippen LogP contribution is 2.30. The number of aromatic hydroxyl groups is 1. The molecule has 2 aromatic carbocycles. The topological polar surface area (TPSA) is 151 Å². The van der Waals surface area contributed by atoms with Gasteiger partial charge in [0.15, 0.2) is 0 Å². The molecule has 0 spiro atoms. The Balaban J connectivity index is 2.50. The van der Waals surface area contributed by atoms with Crippen molar-refractivity contribution in [2.24, 2.45) is 5.73 Å². The lowest BCUT2D eigenvalue weighted by Gasteiger charge is -2.30. The van der Waals surface area contributed by atoms with Crippen LogP contribution in [-0.4, -0.2) is 45.5 Å². The number of hydrogen-bond acceptors (Lipinski definition) is 6. The van der Waals surface area contributed by atoms with Crippen LogP contribution in [0.25, 0.3) is 0 Å². The number of amides is 4. The Bertz CT molecular complexity index is 1210. The van der Waals surface area contributed by atoms with Gasteiger partial charge in [-0.05, 0) is 63.4 Å². The summed E-state index contributed by atoms with van der Waals surface area (Å²) in [5, 5.41) is 15.1. The summed E-state index contributed by atoms with van der Waals surface area (Å²) in [5.41, 5.74) is 5.65. The van der Waals surface area contributed by atoms with Crippen LogP contribution in [0.4, 0.5) is 10.5 Å². The average Bonchev–Trinajstić information content (AvgIpc) is 2.81. The summed E-state index contributed by atoms with van der Waals surface area (Å²) in [6.45, 7) is 6.67. The van der Waals surface area contributed by atoms with E-state index in [-0.39, 0.29) is 29.2 Å². The number of nitrogens with two attached hydrogens (primary N) is 1. The molecule has 0 heterocycles. The van der Waals surface area contributed by atoms with Gasteiger partial charge in [0.2, 0.25) is 5.91 Å². The molecule has 0 saturated carbocycles. The second-order valence-corrected chi connectivity index (χ2v) is 9.86. The van der Waals surface area contributed by atoms with Gasteiger partial charge in [0, 0.05) is 12.5 Å². The van der Waals surface area contributed by atoms with E-state index >= 15 is 0 Å². The number of nitrogens with zero attached hydrogens (tertiary/aromatic N) is 1. The SMILES string of the molecule is C#CN(C(=O)C(CCC(N)=O)NC(=O)OC(C)(C)C)C(C(=O)Nc1c(C)cccc1Cl)c1ccc(O)cc1. The molecule has 4 amide bonds. The summed E-state index contributed by atoms with van der Waals surface area (Å²) in [6.07, 6.45) is 4.36. The maximum absolute atomic E-state index is 13.7. The van der Waals surface area contributed by atoms with E-state index in [2.05, 4.69) is 16.7 Å². The van der Waals surface area contributed by atoms with Gasteiger partial charge < -0.3 is 26.2 Å². The first-order valence-corrected chi connectivity index (χ1v) is 12.0. The molecule has 2 rings (SSSR count). The normalized spacial score (nSPS) is 12.4. The Morgan fingerprint density at radius 1 is 1.16 bits per heavy atom. The number of halogens is 1. The summed E-state index contributed by atoms with van der Waals surface area (Å²) < 4.78 is 5.24. The van der Waals surface area contributed by atoms with Gasteiger partial charge in [-0.1, -0.05) is 42.3 Å². The van der Waals surface area contributed by atoms with E-state index in [1.165, 1.54) is 24.3 Å². The number of ether oxygens (including phenoxy) is 1. The number of aryl methyl sites for hydroxylation is 1. The summed E-state index contributed by atoms with van der Waals surface area (Å²) >= 11 is 6.28. The minimum Gasteiger partial charge on any atom is -0.508 e. The van der Waals surface area contributed by atoms with Crippen LogP contribution >= 0.6 is 11.6 Å². The van der Waals surface area contributed by atoms with Crippen molar-refractivity contribution in [1.29, 1.82) is 0 Å². The van der Waals surface area contributed by atoms with E-state index in [0.29, 0.717) is 11.3 Å². The van der Waals surface area contributed by atoms with E-state index in [1.807, 2.05) is 0 Å². The lowest BCUT2D eigenvalue weighted by molar-refractivity contribution is -0.137. The smallest absolute Gasteiger partial charge is 0.408 e. The van der Waals surface area contributed by atoms with Gasteiger partial charge in [0.25, 0.3) is 11.8 Å². The third-order valence-corrected chi connectivity index (χ3v) is 5.55. The number of nitrogens with one attached hydrogen (secondary N) is 2. The molecule has 0 aliphatic heterocycles. The van der Waals surface area contributed by atoms with Crippen molar-refractivity contribution in [3.8, 4) is 18.2 Å². The van der Waals surface area contributed by atoms with Gasteiger partial charge in [0.05, 0.1) is 10.7 Å². The molecule has 0 aliphatic carbocycles. The van der Waals surface area contributed by atoms with Crippen molar-refractivity contribution in [1.82, 2.24) is 10.2 Å². The van der Waals surface area contributed by atoms with Gasteiger partial charge in [0.1, 0.15) is 23.4 Å². The number of rotatable bonds is 9. The summed E-state index contributed by atoms with van der Waals surface area (Å²) in [4.78, 5) is 52.0. The van der Waals surface area contributed by atoms with Crippen molar-refractivity contribution in [2.75, 3.05) is 5.32 Å². The third-order valence-electron chi connectivity index (χ3n) is 5.23. The van der Waals surface area contributed by atoms with Crippen molar-refractivity contribution < 1.29 is 29.0 Å². The lowest BCUT2D eigenvalue weighted by atomic mass is 10.0. The van der Waals surface area contributed by atoms with Crippen molar-refractivity contribution in [2.45, 2.75) is 58.2 Å². The van der Waals surface area contributed by atoms with Crippen LogP contribution in [0, 0.1) is 19.4 Å². The predicted molar refractivity (Wildman–Crippen MR) is 143 cm³/mol. The number of carbonyl (C=O) groups is 4. The average molecular weight is 543 g/mol. The van der Waals surface area contributed by atoms with Crippen molar-refractivity contribution in [3.63, 3.8) is 0 Å². The maximum Gasteiger partial charge on any atom is 0.408 e. The Morgan fingerprint density at radius 2 is 1.79 bits per heavy atom. The molecular weight excluding hydrogens is 512 g/mol. The number of hydrogen-bond donors (Lipinski definition) is 4. The van der Waals surface area contributed by atoms with E-state index in [4.69, 9.17) is 28.5 Å². The fourth-order valence-corrected chi connectivity index (χ4v) is 3.75. The first-order valence-electron chi connectivity index (χ1n) is 11.7. The van der Waals surface area contributed by atoms with E-state index in [1.54, 1.807) is 45.9 Å². The Labute approximate surface area is 226 Å². The largest absolute Gasteiger partial charge is 0.508 e. The molecule has 0 bridgehead atoms. The molecule has 11 heteroatoms. The van der Waals surface area contributed by atoms with Crippen molar-refractivity contribution in [3.05, 3.63) is 58.6 Å². The molecule has 2 aromatic rings. The highest BCUT2D eigenvalue weighted by Gasteiger charge is 2.36. The molecule has 0 saturated heterocycles. The Morgan fingerprint density at radius 3 is 2.32 bits per heavy atom. The number of para-hydroxylation sites is 1. The minimum absolute atomic E-state index is 0.0700. The van der Waals surface area contributed by atoms with Crippen LogP contribution in [0.3, 0.4) is 0 Å². The van der Waals surface area contributed by atoms with Gasteiger partial charge in [-0.2, -0.15) is 0 Å². The first kappa shape index (κ1) is 30.0. The van der Waals surface area contributed by atoms with Crippen LogP contribution < -0.4 is 16.4 Å². The number of phenolic OH excluding ortho intramolecular Hbond substituents is 1. The van der Waals surface area contributed by atoms with Gasteiger partial charge in [-0.3, -0.25) is 19.3 Å². The first-order chi connectivity index (χ1) is 17.7. The predicted octanol–water partition coefficient (Wildman–Crippen LogP) is 3.61. The minimum atomic E-state index is -1.40. The second kappa shape index (κ2) is 12.8. The number of alkyl carbamates (subject to hydrolysis) is 1. The number of benzene rings is 2. The molecule has 0 aliphatic rings. The zero-order valence-electron chi connectivity index (χ0n) is 21.6. The summed E-state index contributed by atoms with van der Waals surface area (Å²) in [7, 11) is 0. The Hall–Kier alpha value is -4.23. The standard InChI is InChI=1S/C27H31ClN4O6/c1-6-32(25(36)20(14-15-21(29)34)30-26(37)38-27(3,4)5)23(17-10-12-18(33)13-11-17)24(35)31-22-16(2)8-7-9-19(22)28/h1,7-13,20,23,33H,14-15H2,2-5H3,(H2,29,34)(H,30,37)(H,31,35). The van der Waals surface area contributed by atoms with Crippen LogP contribution in [-0.2, 0) is 19.1 Å². The molecule has 0 aromatic heterocycles. The van der Waals surface area contributed by atoms with E-state index in [9.17, 15) is 24.3 Å². The zero-order valence-corrected chi connectivity index (χ0v) is 22.3. The number of carbonyl (C=O) groups excluding carboxylic acids is 4. The molecule has 5 N–H and O–H groups in total. The number of terminal acetylenes is 1. The number of anilines is 1. The van der Waals surface area contributed by atoms with Crippen LogP contribution in [0.2, 0.25) is 5.02 Å². The maximum atomic E-state index is 13.7. The second-order valence-electron chi connectivity index (χ2n) is 9.46. The molecule has 0 radical (unpaired) electrons. The molecule has 2 unspecified atom stereocenters. The van der Waals surface area contributed by atoms with Crippen LogP contribution in [0.5, 0.6) is 5.75 Å². The molecule has 0 fully saturated rings. The molecule has 38 heavy (non-hydrogen) atoms. The van der Waals surface area contributed by atoms with Gasteiger partial charge >= 0.3 is 6.09 Å². The summed E-state index contributed by atoms with van der Waals surface area (Å²) in [5.74, 6) is -2.34. The van der Waals surface area contributed by atoms with Gasteiger partial charge in [-0.15, -0.1) is 0 Å². The fourth-order valence-electron chi connectivity index (χ4n) is 3.48. The quantitative estimate of drug-likeness (QED) is 0.281. The number of primary amides is 1. The molecular formula is C27H31ClN4O6. The lowest BCUT2D eigenvalue weighted by Crippen LogP contribution is -2.51. The number of phenols is 1. The van der Waals surface area contributed by atoms with Crippen LogP contribution in [0.1, 0.15) is 50.8 Å². The van der Waals surface area contributed by atoms with Crippen molar-refractivity contribution >= 4 is 41.1 Å².